The molecule has 0 radical (unpaired) electrons. The second kappa shape index (κ2) is 11.7. The summed E-state index contributed by atoms with van der Waals surface area (Å²) in [7, 11) is 0. The predicted octanol–water partition coefficient (Wildman–Crippen LogP) is 7.87. The summed E-state index contributed by atoms with van der Waals surface area (Å²) in [6.45, 7) is 6.57. The summed E-state index contributed by atoms with van der Waals surface area (Å²) in [5.74, 6) is 0. The van der Waals surface area contributed by atoms with Gasteiger partial charge in [0.15, 0.2) is 0 Å². The van der Waals surface area contributed by atoms with Crippen molar-refractivity contribution in [2.24, 2.45) is 5.10 Å². The Morgan fingerprint density at radius 2 is 1.26 bits per heavy atom. The minimum atomic E-state index is 0.0625. The molecular formula is C36H31N7. The van der Waals surface area contributed by atoms with E-state index in [4.69, 9.17) is 15.5 Å². The lowest BCUT2D eigenvalue weighted by molar-refractivity contribution is 0.590. The Kier molecular flexibility index (Phi) is 7.54. The highest BCUT2D eigenvalue weighted by molar-refractivity contribution is 6.62. The molecule has 0 spiro atoms. The van der Waals surface area contributed by atoms with Gasteiger partial charge in [0.05, 0.1) is 22.8 Å². The van der Waals surface area contributed by atoms with E-state index < -0.39 is 0 Å². The number of hydrazone groups is 1. The van der Waals surface area contributed by atoms with Gasteiger partial charge in [0.1, 0.15) is 5.71 Å². The van der Waals surface area contributed by atoms with Crippen LogP contribution in [0.5, 0.6) is 0 Å². The van der Waals surface area contributed by atoms with E-state index in [1.54, 1.807) is 24.8 Å². The van der Waals surface area contributed by atoms with Crippen LogP contribution < -0.4 is 5.43 Å². The summed E-state index contributed by atoms with van der Waals surface area (Å²) in [4.78, 5) is 17.8. The minimum Gasteiger partial charge on any atom is -0.299 e. The fourth-order valence-corrected chi connectivity index (χ4v) is 4.79. The lowest BCUT2D eigenvalue weighted by Gasteiger charge is -2.20. The molecule has 7 heteroatoms. The standard InChI is InChI=1S/C36H31N7/c1-36(2,3)29-10-12-30(13-11-29)42-43-35-31(25-9-15-34(41-23-25)27-7-5-17-39-21-27)18-28(19-32(35)37)24-8-14-33(40-22-24)26-6-4-16-38-20-26/h4-23,37,42H,1-3H3/b37-32?,43-35-. The summed E-state index contributed by atoms with van der Waals surface area (Å²) in [5, 5.41) is 13.7. The molecular weight excluding hydrogens is 530 g/mol. The molecule has 5 aromatic rings. The maximum Gasteiger partial charge on any atom is 0.116 e. The lowest BCUT2D eigenvalue weighted by atomic mass is 9.87. The van der Waals surface area contributed by atoms with Crippen LogP contribution in [0.15, 0.2) is 127 Å². The van der Waals surface area contributed by atoms with Crippen molar-refractivity contribution in [2.75, 3.05) is 5.43 Å². The van der Waals surface area contributed by atoms with Crippen molar-refractivity contribution in [1.29, 1.82) is 5.41 Å². The highest BCUT2D eigenvalue weighted by Gasteiger charge is 2.21. The van der Waals surface area contributed by atoms with Crippen molar-refractivity contribution in [2.45, 2.75) is 26.2 Å². The maximum atomic E-state index is 9.00. The normalized spacial score (nSPS) is 14.3. The number of hydrogen-bond acceptors (Lipinski definition) is 7. The van der Waals surface area contributed by atoms with Gasteiger partial charge >= 0.3 is 0 Å². The molecule has 0 fully saturated rings. The Morgan fingerprint density at radius 1 is 0.651 bits per heavy atom. The number of pyridine rings is 4. The van der Waals surface area contributed by atoms with Gasteiger partial charge < -0.3 is 0 Å². The first kappa shape index (κ1) is 27.6. The molecule has 7 nitrogen and oxygen atoms in total. The second-order valence-electron chi connectivity index (χ2n) is 11.3. The predicted molar refractivity (Wildman–Crippen MR) is 175 cm³/mol. The quantitative estimate of drug-likeness (QED) is 0.162. The van der Waals surface area contributed by atoms with Crippen LogP contribution in [0, 0.1) is 5.41 Å². The van der Waals surface area contributed by atoms with E-state index in [1.807, 2.05) is 85.2 Å². The molecule has 2 N–H and O–H groups in total. The number of nitrogens with zero attached hydrogens (tertiary/aromatic N) is 5. The Labute approximate surface area is 251 Å². The summed E-state index contributed by atoms with van der Waals surface area (Å²) in [6, 6.07) is 24.0. The van der Waals surface area contributed by atoms with Crippen molar-refractivity contribution in [3.8, 4) is 22.5 Å². The van der Waals surface area contributed by atoms with Crippen molar-refractivity contribution in [1.82, 2.24) is 19.9 Å². The van der Waals surface area contributed by atoms with Crippen LogP contribution in [0.4, 0.5) is 5.69 Å². The van der Waals surface area contributed by atoms with Gasteiger partial charge in [0, 0.05) is 65.0 Å². The number of nitrogens with one attached hydrogen (secondary N) is 2. The molecule has 1 aliphatic carbocycles. The van der Waals surface area contributed by atoms with Crippen molar-refractivity contribution in [3.05, 3.63) is 139 Å². The average molecular weight is 562 g/mol. The Morgan fingerprint density at radius 3 is 1.77 bits per heavy atom. The van der Waals surface area contributed by atoms with Gasteiger partial charge in [0.2, 0.25) is 0 Å². The number of anilines is 1. The van der Waals surface area contributed by atoms with Gasteiger partial charge in [0.25, 0.3) is 0 Å². The van der Waals surface area contributed by atoms with E-state index in [9.17, 15) is 0 Å². The van der Waals surface area contributed by atoms with E-state index in [2.05, 4.69) is 53.3 Å². The third kappa shape index (κ3) is 6.21. The Bertz CT molecular complexity index is 1830. The lowest BCUT2D eigenvalue weighted by Crippen LogP contribution is -2.19. The number of aromatic nitrogens is 4. The zero-order valence-electron chi connectivity index (χ0n) is 24.3. The third-order valence-electron chi connectivity index (χ3n) is 7.24. The van der Waals surface area contributed by atoms with Crippen molar-refractivity contribution >= 4 is 28.3 Å². The first-order valence-corrected chi connectivity index (χ1v) is 14.1. The minimum absolute atomic E-state index is 0.0625. The smallest absolute Gasteiger partial charge is 0.116 e. The average Bonchev–Trinajstić information content (AvgIpc) is 3.05. The number of hydrogen-bond donors (Lipinski definition) is 2. The highest BCUT2D eigenvalue weighted by atomic mass is 15.3. The molecule has 6 rings (SSSR count). The largest absolute Gasteiger partial charge is 0.299 e. The van der Waals surface area contributed by atoms with E-state index in [0.717, 1.165) is 50.5 Å². The van der Waals surface area contributed by atoms with Crippen LogP contribution in [-0.4, -0.2) is 31.4 Å². The van der Waals surface area contributed by atoms with Crippen LogP contribution in [0.3, 0.4) is 0 Å². The zero-order valence-corrected chi connectivity index (χ0v) is 24.3. The van der Waals surface area contributed by atoms with E-state index in [1.165, 1.54) is 5.56 Å². The molecule has 1 aromatic carbocycles. The van der Waals surface area contributed by atoms with Crippen LogP contribution in [0.2, 0.25) is 0 Å². The van der Waals surface area contributed by atoms with E-state index in [-0.39, 0.29) is 5.41 Å². The number of rotatable bonds is 6. The second-order valence-corrected chi connectivity index (χ2v) is 11.3. The van der Waals surface area contributed by atoms with Gasteiger partial charge in [-0.2, -0.15) is 5.10 Å². The van der Waals surface area contributed by atoms with Crippen LogP contribution in [0.25, 0.3) is 33.7 Å². The van der Waals surface area contributed by atoms with Gasteiger partial charge in [-0.1, -0.05) is 45.0 Å². The van der Waals surface area contributed by atoms with Gasteiger partial charge in [-0.25, -0.2) is 0 Å². The third-order valence-corrected chi connectivity index (χ3v) is 7.24. The molecule has 210 valence electrons. The summed E-state index contributed by atoms with van der Waals surface area (Å²) >= 11 is 0. The SMILES string of the molecule is CC(C)(C)c1ccc(N/N=C2\C(=N)C=C(c3ccc(-c4cccnc4)nc3)C=C2c2ccc(-c3cccnc3)nc2)cc1. The van der Waals surface area contributed by atoms with Crippen LogP contribution in [0.1, 0.15) is 37.5 Å². The van der Waals surface area contributed by atoms with Crippen LogP contribution >= 0.6 is 0 Å². The van der Waals surface area contributed by atoms with Gasteiger partial charge in [-0.15, -0.1) is 0 Å². The summed E-state index contributed by atoms with van der Waals surface area (Å²) in [5.41, 5.74) is 13.1. The number of benzene rings is 1. The summed E-state index contributed by atoms with van der Waals surface area (Å²) < 4.78 is 0. The van der Waals surface area contributed by atoms with E-state index >= 15 is 0 Å². The molecule has 4 aromatic heterocycles. The zero-order chi connectivity index (χ0) is 29.8. The fraction of sp³-hybridized carbons (Fsp3) is 0.111. The molecule has 0 aliphatic heterocycles. The summed E-state index contributed by atoms with van der Waals surface area (Å²) in [6.07, 6.45) is 14.6. The van der Waals surface area contributed by atoms with Gasteiger partial charge in [-0.3, -0.25) is 30.8 Å². The Hall–Kier alpha value is -5.56. The fourth-order valence-electron chi connectivity index (χ4n) is 4.79. The van der Waals surface area contributed by atoms with Gasteiger partial charge in [-0.05, 0) is 77.2 Å². The Balaban J connectivity index is 1.35. The molecule has 0 bridgehead atoms. The molecule has 0 amide bonds. The molecule has 0 saturated carbocycles. The van der Waals surface area contributed by atoms with Crippen molar-refractivity contribution < 1.29 is 0 Å². The monoisotopic (exact) mass is 561 g/mol. The molecule has 4 heterocycles. The molecule has 1 aliphatic rings. The topological polar surface area (TPSA) is 99.8 Å². The first-order chi connectivity index (χ1) is 20.8. The van der Waals surface area contributed by atoms with Crippen LogP contribution in [-0.2, 0) is 5.41 Å². The maximum absolute atomic E-state index is 9.00. The van der Waals surface area contributed by atoms with Crippen molar-refractivity contribution in [3.63, 3.8) is 0 Å². The first-order valence-electron chi connectivity index (χ1n) is 14.1. The highest BCUT2D eigenvalue weighted by Crippen LogP contribution is 2.30. The molecule has 0 saturated heterocycles. The van der Waals surface area contributed by atoms with E-state index in [0.29, 0.717) is 11.4 Å². The molecule has 0 unspecified atom stereocenters. The molecule has 43 heavy (non-hydrogen) atoms. The number of allylic oxidation sites excluding steroid dienone is 4. The molecule has 0 atom stereocenters.